The van der Waals surface area contributed by atoms with Crippen molar-refractivity contribution in [3.05, 3.63) is 0 Å². The molecule has 2 fully saturated rings. The van der Waals surface area contributed by atoms with E-state index in [1.54, 1.807) is 7.05 Å². The van der Waals surface area contributed by atoms with Gasteiger partial charge in [-0.25, -0.2) is 9.86 Å². The van der Waals surface area contributed by atoms with Crippen molar-refractivity contribution in [1.29, 1.82) is 0 Å². The van der Waals surface area contributed by atoms with Crippen LogP contribution in [0.4, 0.5) is 4.79 Å². The quantitative estimate of drug-likeness (QED) is 0.733. The molecule has 120 valence electrons. The van der Waals surface area contributed by atoms with Crippen LogP contribution in [0.1, 0.15) is 46.5 Å². The van der Waals surface area contributed by atoms with Gasteiger partial charge in [0.15, 0.2) is 0 Å². The molecule has 1 heterocycles. The third-order valence-electron chi connectivity index (χ3n) is 4.40. The van der Waals surface area contributed by atoms with E-state index in [-0.39, 0.29) is 23.5 Å². The van der Waals surface area contributed by atoms with Crippen molar-refractivity contribution in [1.82, 2.24) is 9.96 Å². The van der Waals surface area contributed by atoms with Crippen molar-refractivity contribution in [3.63, 3.8) is 0 Å². The van der Waals surface area contributed by atoms with Crippen LogP contribution in [0.15, 0.2) is 0 Å². The van der Waals surface area contributed by atoms with Crippen LogP contribution in [0.25, 0.3) is 0 Å². The van der Waals surface area contributed by atoms with Crippen molar-refractivity contribution >= 4 is 12.0 Å². The van der Waals surface area contributed by atoms with E-state index < -0.39 is 5.60 Å². The molecule has 2 amide bonds. The number of hydroxylamine groups is 2. The second kappa shape index (κ2) is 5.48. The molecule has 1 aliphatic heterocycles. The largest absolute Gasteiger partial charge is 0.444 e. The molecule has 6 nitrogen and oxygen atoms in total. The molecule has 0 N–H and O–H groups in total. The molecule has 2 aliphatic rings. The molecular formula is C15H26N2O4. The van der Waals surface area contributed by atoms with Crippen molar-refractivity contribution in [3.8, 4) is 0 Å². The Morgan fingerprint density at radius 1 is 1.29 bits per heavy atom. The van der Waals surface area contributed by atoms with Gasteiger partial charge < -0.3 is 9.64 Å². The first-order valence-corrected chi connectivity index (χ1v) is 7.51. The summed E-state index contributed by atoms with van der Waals surface area (Å²) in [6.07, 6.45) is 3.08. The minimum atomic E-state index is -0.490. The highest BCUT2D eigenvalue weighted by molar-refractivity contribution is 5.80. The fourth-order valence-corrected chi connectivity index (χ4v) is 3.34. The van der Waals surface area contributed by atoms with Crippen molar-refractivity contribution in [2.75, 3.05) is 20.7 Å². The number of hydrogen-bond acceptors (Lipinski definition) is 4. The summed E-state index contributed by atoms with van der Waals surface area (Å²) in [5.74, 6) is -0.0721. The Balaban J connectivity index is 1.98. The van der Waals surface area contributed by atoms with Gasteiger partial charge in [-0.1, -0.05) is 0 Å². The van der Waals surface area contributed by atoms with E-state index in [9.17, 15) is 9.59 Å². The average Bonchev–Trinajstić information content (AvgIpc) is 2.77. The monoisotopic (exact) mass is 298 g/mol. The zero-order chi connectivity index (χ0) is 15.8. The number of carbonyl (C=O) groups is 2. The predicted molar refractivity (Wildman–Crippen MR) is 77.4 cm³/mol. The molecule has 0 bridgehead atoms. The van der Waals surface area contributed by atoms with Crippen molar-refractivity contribution in [2.45, 2.75) is 57.6 Å². The number of amides is 2. The van der Waals surface area contributed by atoms with E-state index in [1.165, 1.54) is 12.2 Å². The van der Waals surface area contributed by atoms with Crippen LogP contribution in [0.3, 0.4) is 0 Å². The Kier molecular flexibility index (Phi) is 4.19. The zero-order valence-corrected chi connectivity index (χ0v) is 13.6. The van der Waals surface area contributed by atoms with Crippen LogP contribution in [-0.4, -0.2) is 53.8 Å². The zero-order valence-electron chi connectivity index (χ0n) is 13.6. The van der Waals surface area contributed by atoms with Crippen LogP contribution >= 0.6 is 0 Å². The van der Waals surface area contributed by atoms with Crippen LogP contribution in [0.2, 0.25) is 0 Å². The molecule has 2 rings (SSSR count). The molecule has 1 spiro atoms. The molecule has 1 saturated carbocycles. The summed E-state index contributed by atoms with van der Waals surface area (Å²) in [7, 11) is 3.10. The summed E-state index contributed by atoms with van der Waals surface area (Å²) < 4.78 is 5.48. The molecule has 0 aromatic heterocycles. The number of likely N-dealkylation sites (tertiary alicyclic amines) is 1. The highest BCUT2D eigenvalue weighted by atomic mass is 16.7. The normalized spacial score (nSPS) is 28.4. The third-order valence-corrected chi connectivity index (χ3v) is 4.40. The molecule has 0 atom stereocenters. The molecule has 0 unspecified atom stereocenters. The second-order valence-corrected chi connectivity index (χ2v) is 7.08. The van der Waals surface area contributed by atoms with E-state index in [4.69, 9.17) is 9.57 Å². The maximum atomic E-state index is 12.3. The SMILES string of the molecule is CON(C)C(=O)C1CC2(CCCN2C(=O)OC(C)(C)C)C1. The maximum Gasteiger partial charge on any atom is 0.410 e. The fraction of sp³-hybridized carbons (Fsp3) is 0.867. The highest BCUT2D eigenvalue weighted by Gasteiger charge is 2.56. The summed E-state index contributed by atoms with van der Waals surface area (Å²) in [5, 5.41) is 1.27. The van der Waals surface area contributed by atoms with E-state index in [0.29, 0.717) is 12.8 Å². The first-order chi connectivity index (χ1) is 9.68. The van der Waals surface area contributed by atoms with Gasteiger partial charge in [0.05, 0.1) is 7.11 Å². The predicted octanol–water partition coefficient (Wildman–Crippen LogP) is 2.19. The lowest BCUT2D eigenvalue weighted by Gasteiger charge is -2.50. The van der Waals surface area contributed by atoms with Crippen LogP contribution in [-0.2, 0) is 14.4 Å². The lowest BCUT2D eigenvalue weighted by molar-refractivity contribution is -0.181. The fourth-order valence-electron chi connectivity index (χ4n) is 3.34. The van der Waals surface area contributed by atoms with Crippen LogP contribution in [0.5, 0.6) is 0 Å². The first kappa shape index (κ1) is 16.1. The summed E-state index contributed by atoms with van der Waals surface area (Å²) in [5.41, 5.74) is -0.673. The minimum Gasteiger partial charge on any atom is -0.444 e. The van der Waals surface area contributed by atoms with Crippen LogP contribution in [0, 0.1) is 5.92 Å². The summed E-state index contributed by atoms with van der Waals surface area (Å²) in [6, 6.07) is 0. The number of nitrogens with zero attached hydrogens (tertiary/aromatic N) is 2. The van der Waals surface area contributed by atoms with Gasteiger partial charge in [0, 0.05) is 25.0 Å². The molecule has 1 saturated heterocycles. The molecule has 0 aromatic rings. The third kappa shape index (κ3) is 3.15. The number of carbonyl (C=O) groups excluding carboxylic acids is 2. The van der Waals surface area contributed by atoms with Gasteiger partial charge >= 0.3 is 6.09 Å². The standard InChI is InChI=1S/C15H26N2O4/c1-14(2,3)21-13(19)17-8-6-7-15(17)9-11(10-15)12(18)16(4)20-5/h11H,6-10H2,1-5H3. The second-order valence-electron chi connectivity index (χ2n) is 7.08. The summed E-state index contributed by atoms with van der Waals surface area (Å²) in [6.45, 7) is 6.33. The van der Waals surface area contributed by atoms with E-state index in [0.717, 1.165) is 19.4 Å². The topological polar surface area (TPSA) is 59.1 Å². The Morgan fingerprint density at radius 2 is 1.90 bits per heavy atom. The van der Waals surface area contributed by atoms with E-state index in [2.05, 4.69) is 0 Å². The maximum absolute atomic E-state index is 12.3. The van der Waals surface area contributed by atoms with Gasteiger partial charge in [0.25, 0.3) is 0 Å². The minimum absolute atomic E-state index is 0.0147. The molecule has 6 heteroatoms. The van der Waals surface area contributed by atoms with Gasteiger partial charge in [0.1, 0.15) is 5.60 Å². The Morgan fingerprint density at radius 3 is 2.43 bits per heavy atom. The van der Waals surface area contributed by atoms with Crippen LogP contribution < -0.4 is 0 Å². The molecule has 21 heavy (non-hydrogen) atoms. The molecule has 0 radical (unpaired) electrons. The molecule has 1 aliphatic carbocycles. The van der Waals surface area contributed by atoms with Gasteiger partial charge in [-0.2, -0.15) is 0 Å². The Labute approximate surface area is 126 Å². The Bertz CT molecular complexity index is 424. The average molecular weight is 298 g/mol. The highest BCUT2D eigenvalue weighted by Crippen LogP contribution is 2.50. The van der Waals surface area contributed by atoms with Gasteiger partial charge in [-0.05, 0) is 46.5 Å². The van der Waals surface area contributed by atoms with Crippen molar-refractivity contribution < 1.29 is 19.2 Å². The van der Waals surface area contributed by atoms with E-state index in [1.807, 2.05) is 25.7 Å². The molecule has 0 aromatic carbocycles. The number of ether oxygens (including phenoxy) is 1. The molecular weight excluding hydrogens is 272 g/mol. The van der Waals surface area contributed by atoms with Gasteiger partial charge in [-0.15, -0.1) is 0 Å². The van der Waals surface area contributed by atoms with Crippen molar-refractivity contribution in [2.24, 2.45) is 5.92 Å². The lowest BCUT2D eigenvalue weighted by atomic mass is 9.66. The summed E-state index contributed by atoms with van der Waals surface area (Å²) >= 11 is 0. The first-order valence-electron chi connectivity index (χ1n) is 7.51. The summed E-state index contributed by atoms with van der Waals surface area (Å²) in [4.78, 5) is 31.2. The lowest BCUT2D eigenvalue weighted by Crippen LogP contribution is -2.59. The smallest absolute Gasteiger partial charge is 0.410 e. The van der Waals surface area contributed by atoms with Gasteiger partial charge in [-0.3, -0.25) is 9.63 Å². The Hall–Kier alpha value is -1.30. The number of rotatable bonds is 2. The van der Waals surface area contributed by atoms with E-state index >= 15 is 0 Å². The number of hydrogen-bond donors (Lipinski definition) is 0. The van der Waals surface area contributed by atoms with Gasteiger partial charge in [0.2, 0.25) is 5.91 Å².